The standard InChI is InChI=1S/C21H23N3O3/c1-23(17-10-6-3-7-11-17)21(27)22-19(14-16-8-4-2-5-9-16)20(26)24-13-12-18(25)15-24/h2-11,19H,12-15H2,1H3,(H,22,27). The van der Waals surface area contributed by atoms with Crippen molar-refractivity contribution < 1.29 is 14.4 Å². The van der Waals surface area contributed by atoms with Crippen LogP contribution in [-0.2, 0) is 16.0 Å². The number of Topliss-reactive ketones (excluding diaryl/α,β-unsaturated/α-hetero) is 1. The highest BCUT2D eigenvalue weighted by molar-refractivity contribution is 5.97. The number of hydrogen-bond donors (Lipinski definition) is 1. The number of carbonyl (C=O) groups is 3. The van der Waals surface area contributed by atoms with Crippen LogP contribution in [0.2, 0.25) is 0 Å². The number of rotatable bonds is 5. The summed E-state index contributed by atoms with van der Waals surface area (Å²) in [5.41, 5.74) is 1.68. The summed E-state index contributed by atoms with van der Waals surface area (Å²) in [4.78, 5) is 40.2. The van der Waals surface area contributed by atoms with E-state index in [-0.39, 0.29) is 24.3 Å². The lowest BCUT2D eigenvalue weighted by molar-refractivity contribution is -0.133. The zero-order valence-corrected chi connectivity index (χ0v) is 15.3. The molecule has 1 aliphatic rings. The second kappa shape index (κ2) is 8.49. The van der Waals surface area contributed by atoms with Crippen LogP contribution in [-0.4, -0.2) is 48.8 Å². The highest BCUT2D eigenvalue weighted by atomic mass is 16.2. The first-order chi connectivity index (χ1) is 13.0. The summed E-state index contributed by atoms with van der Waals surface area (Å²) in [5, 5.41) is 2.84. The summed E-state index contributed by atoms with van der Waals surface area (Å²) in [6.45, 7) is 0.530. The van der Waals surface area contributed by atoms with Gasteiger partial charge in [0.2, 0.25) is 5.91 Å². The molecule has 2 aromatic rings. The molecule has 27 heavy (non-hydrogen) atoms. The molecular weight excluding hydrogens is 342 g/mol. The van der Waals surface area contributed by atoms with Gasteiger partial charge < -0.3 is 10.2 Å². The van der Waals surface area contributed by atoms with Crippen molar-refractivity contribution in [2.75, 3.05) is 25.0 Å². The van der Waals surface area contributed by atoms with Crippen LogP contribution in [0.5, 0.6) is 0 Å². The molecule has 0 aliphatic carbocycles. The van der Waals surface area contributed by atoms with Gasteiger partial charge >= 0.3 is 6.03 Å². The van der Waals surface area contributed by atoms with Crippen molar-refractivity contribution in [3.05, 3.63) is 66.2 Å². The third-order valence-electron chi connectivity index (χ3n) is 4.67. The predicted molar refractivity (Wildman–Crippen MR) is 104 cm³/mol. The van der Waals surface area contributed by atoms with Gasteiger partial charge in [-0.1, -0.05) is 48.5 Å². The summed E-state index contributed by atoms with van der Waals surface area (Å²) in [5.74, 6) is -0.172. The van der Waals surface area contributed by atoms with Crippen molar-refractivity contribution in [2.45, 2.75) is 18.9 Å². The molecule has 0 bridgehead atoms. The van der Waals surface area contributed by atoms with Gasteiger partial charge in [-0.05, 0) is 17.7 Å². The zero-order chi connectivity index (χ0) is 19.2. The number of likely N-dealkylation sites (tertiary alicyclic amines) is 1. The molecule has 0 saturated carbocycles. The molecule has 3 amide bonds. The van der Waals surface area contributed by atoms with Crippen LogP contribution in [0.25, 0.3) is 0 Å². The second-order valence-corrected chi connectivity index (χ2v) is 6.63. The van der Waals surface area contributed by atoms with Gasteiger partial charge in [-0.25, -0.2) is 4.79 Å². The molecule has 1 aliphatic heterocycles. The number of para-hydroxylation sites is 1. The summed E-state index contributed by atoms with van der Waals surface area (Å²) < 4.78 is 0. The van der Waals surface area contributed by atoms with E-state index in [1.807, 2.05) is 60.7 Å². The smallest absolute Gasteiger partial charge is 0.322 e. The number of hydrogen-bond acceptors (Lipinski definition) is 3. The zero-order valence-electron chi connectivity index (χ0n) is 15.3. The van der Waals surface area contributed by atoms with Crippen LogP contribution in [0, 0.1) is 0 Å². The van der Waals surface area contributed by atoms with Crippen molar-refractivity contribution in [3.63, 3.8) is 0 Å². The number of anilines is 1. The number of nitrogens with one attached hydrogen (secondary N) is 1. The van der Waals surface area contributed by atoms with E-state index >= 15 is 0 Å². The molecule has 0 radical (unpaired) electrons. The lowest BCUT2D eigenvalue weighted by atomic mass is 10.0. The fourth-order valence-electron chi connectivity index (χ4n) is 3.10. The average Bonchev–Trinajstić information content (AvgIpc) is 3.14. The maximum absolute atomic E-state index is 12.9. The molecule has 140 valence electrons. The van der Waals surface area contributed by atoms with E-state index in [4.69, 9.17) is 0 Å². The van der Waals surface area contributed by atoms with Crippen LogP contribution in [0.15, 0.2) is 60.7 Å². The van der Waals surface area contributed by atoms with Crippen LogP contribution >= 0.6 is 0 Å². The molecule has 1 fully saturated rings. The van der Waals surface area contributed by atoms with E-state index in [0.29, 0.717) is 19.4 Å². The quantitative estimate of drug-likeness (QED) is 0.883. The molecule has 2 aromatic carbocycles. The Bertz CT molecular complexity index is 808. The van der Waals surface area contributed by atoms with E-state index in [0.717, 1.165) is 11.3 Å². The molecule has 1 atom stereocenters. The topological polar surface area (TPSA) is 69.7 Å². The monoisotopic (exact) mass is 365 g/mol. The fourth-order valence-corrected chi connectivity index (χ4v) is 3.10. The van der Waals surface area contributed by atoms with E-state index in [9.17, 15) is 14.4 Å². The Hall–Kier alpha value is -3.15. The third kappa shape index (κ3) is 4.73. The number of urea groups is 1. The molecule has 6 heteroatoms. The first-order valence-electron chi connectivity index (χ1n) is 8.98. The molecule has 0 spiro atoms. The number of nitrogens with zero attached hydrogens (tertiary/aromatic N) is 2. The van der Waals surface area contributed by atoms with Gasteiger partial charge in [0.15, 0.2) is 5.78 Å². The predicted octanol–water partition coefficient (Wildman–Crippen LogP) is 2.25. The maximum atomic E-state index is 12.9. The molecule has 1 unspecified atom stereocenters. The lowest BCUT2D eigenvalue weighted by Crippen LogP contribution is -2.52. The first-order valence-corrected chi connectivity index (χ1v) is 8.98. The van der Waals surface area contributed by atoms with Gasteiger partial charge in [0.05, 0.1) is 6.54 Å². The molecule has 1 N–H and O–H groups in total. The Labute approximate surface area is 158 Å². The third-order valence-corrected chi connectivity index (χ3v) is 4.67. The maximum Gasteiger partial charge on any atom is 0.322 e. The van der Waals surface area contributed by atoms with Crippen molar-refractivity contribution in [1.82, 2.24) is 10.2 Å². The number of amides is 3. The van der Waals surface area contributed by atoms with Crippen LogP contribution in [0.1, 0.15) is 12.0 Å². The lowest BCUT2D eigenvalue weighted by Gasteiger charge is -2.26. The molecule has 0 aromatic heterocycles. The molecule has 6 nitrogen and oxygen atoms in total. The number of benzene rings is 2. The Morgan fingerprint density at radius 2 is 1.70 bits per heavy atom. The van der Waals surface area contributed by atoms with Crippen LogP contribution < -0.4 is 10.2 Å². The SMILES string of the molecule is CN(C(=O)NC(Cc1ccccc1)C(=O)N1CCC(=O)C1)c1ccccc1. The van der Waals surface area contributed by atoms with Gasteiger partial charge in [0.1, 0.15) is 6.04 Å². The number of ketones is 1. The van der Waals surface area contributed by atoms with Crippen molar-refractivity contribution in [3.8, 4) is 0 Å². The largest absolute Gasteiger partial charge is 0.333 e. The van der Waals surface area contributed by atoms with E-state index in [2.05, 4.69) is 5.32 Å². The molecule has 1 saturated heterocycles. The minimum atomic E-state index is -0.725. The summed E-state index contributed by atoms with van der Waals surface area (Å²) in [7, 11) is 1.66. The van der Waals surface area contributed by atoms with Crippen molar-refractivity contribution in [2.24, 2.45) is 0 Å². The minimum absolute atomic E-state index is 0.0505. The van der Waals surface area contributed by atoms with Gasteiger partial charge in [0.25, 0.3) is 0 Å². The summed E-state index contributed by atoms with van der Waals surface area (Å²) in [6.07, 6.45) is 0.750. The Morgan fingerprint density at radius 1 is 1.07 bits per heavy atom. The van der Waals surface area contributed by atoms with E-state index in [1.54, 1.807) is 7.05 Å². The highest BCUT2D eigenvalue weighted by Crippen LogP contribution is 2.14. The Kier molecular flexibility index (Phi) is 5.86. The Morgan fingerprint density at radius 3 is 2.30 bits per heavy atom. The molecule has 1 heterocycles. The van der Waals surface area contributed by atoms with Crippen molar-refractivity contribution >= 4 is 23.4 Å². The van der Waals surface area contributed by atoms with Gasteiger partial charge in [0, 0.05) is 32.1 Å². The minimum Gasteiger partial charge on any atom is -0.333 e. The van der Waals surface area contributed by atoms with Gasteiger partial charge in [-0.2, -0.15) is 0 Å². The van der Waals surface area contributed by atoms with E-state index in [1.165, 1.54) is 9.80 Å². The highest BCUT2D eigenvalue weighted by Gasteiger charge is 2.31. The number of carbonyl (C=O) groups excluding carboxylic acids is 3. The van der Waals surface area contributed by atoms with Gasteiger partial charge in [-0.15, -0.1) is 0 Å². The second-order valence-electron chi connectivity index (χ2n) is 6.63. The summed E-state index contributed by atoms with van der Waals surface area (Å²) in [6, 6.07) is 17.7. The van der Waals surface area contributed by atoms with Crippen LogP contribution in [0.3, 0.4) is 0 Å². The van der Waals surface area contributed by atoms with Crippen molar-refractivity contribution in [1.29, 1.82) is 0 Å². The van der Waals surface area contributed by atoms with Gasteiger partial charge in [-0.3, -0.25) is 14.5 Å². The first kappa shape index (κ1) is 18.6. The molecular formula is C21H23N3O3. The summed E-state index contributed by atoms with van der Waals surface area (Å²) >= 11 is 0. The van der Waals surface area contributed by atoms with Crippen LogP contribution in [0.4, 0.5) is 10.5 Å². The average molecular weight is 365 g/mol. The molecule has 3 rings (SSSR count). The Balaban J connectivity index is 1.75. The fraction of sp³-hybridized carbons (Fsp3) is 0.286. The van der Waals surface area contributed by atoms with E-state index < -0.39 is 6.04 Å². The normalized spacial score (nSPS) is 14.7.